The lowest BCUT2D eigenvalue weighted by molar-refractivity contribution is -0.120. The maximum Gasteiger partial charge on any atom is 0.221 e. The van der Waals surface area contributed by atoms with E-state index in [1.165, 1.54) is 0 Å². The van der Waals surface area contributed by atoms with Gasteiger partial charge in [0, 0.05) is 39.6 Å². The number of nitrogens with zero attached hydrogens (tertiary/aromatic N) is 1. The van der Waals surface area contributed by atoms with E-state index in [0.717, 1.165) is 6.54 Å². The van der Waals surface area contributed by atoms with E-state index in [0.29, 0.717) is 26.1 Å². The molecule has 4 N–H and O–H groups in total. The molecule has 0 aromatic rings. The standard InChI is InChI=1S/C8H19N3O2/c1-10-8(13)2-4-11(5-3-9)6-7-12/h12H,2-7,9H2,1H3,(H,10,13). The van der Waals surface area contributed by atoms with Crippen LogP contribution in [0.5, 0.6) is 0 Å². The van der Waals surface area contributed by atoms with Gasteiger partial charge in [0.25, 0.3) is 0 Å². The van der Waals surface area contributed by atoms with E-state index >= 15 is 0 Å². The Hall–Kier alpha value is -0.650. The first kappa shape index (κ1) is 12.3. The molecular formula is C8H19N3O2. The highest BCUT2D eigenvalue weighted by atomic mass is 16.3. The van der Waals surface area contributed by atoms with Crippen LogP contribution in [0.25, 0.3) is 0 Å². The Balaban J connectivity index is 3.61. The summed E-state index contributed by atoms with van der Waals surface area (Å²) in [5.41, 5.74) is 5.37. The van der Waals surface area contributed by atoms with Crippen molar-refractivity contribution in [2.75, 3.05) is 39.8 Å². The second kappa shape index (κ2) is 7.97. The van der Waals surface area contributed by atoms with Crippen LogP contribution in [-0.2, 0) is 4.79 Å². The number of amides is 1. The lowest BCUT2D eigenvalue weighted by atomic mass is 10.3. The molecule has 0 bridgehead atoms. The third-order valence-electron chi connectivity index (χ3n) is 1.80. The maximum atomic E-state index is 10.9. The van der Waals surface area contributed by atoms with Gasteiger partial charge in [-0.1, -0.05) is 0 Å². The summed E-state index contributed by atoms with van der Waals surface area (Å²) >= 11 is 0. The van der Waals surface area contributed by atoms with Crippen molar-refractivity contribution in [3.63, 3.8) is 0 Å². The van der Waals surface area contributed by atoms with Crippen LogP contribution in [0.2, 0.25) is 0 Å². The molecule has 0 aliphatic heterocycles. The van der Waals surface area contributed by atoms with Crippen LogP contribution >= 0.6 is 0 Å². The van der Waals surface area contributed by atoms with Gasteiger partial charge in [-0.15, -0.1) is 0 Å². The Morgan fingerprint density at radius 1 is 1.46 bits per heavy atom. The molecule has 0 aliphatic carbocycles. The van der Waals surface area contributed by atoms with Gasteiger partial charge in [0.1, 0.15) is 0 Å². The normalized spacial score (nSPS) is 10.5. The Labute approximate surface area is 78.9 Å². The second-order valence-electron chi connectivity index (χ2n) is 2.78. The first-order chi connectivity index (χ1) is 6.24. The Bertz CT molecular complexity index is 135. The van der Waals surface area contributed by atoms with Crippen molar-refractivity contribution >= 4 is 5.91 Å². The molecule has 5 nitrogen and oxygen atoms in total. The molecule has 5 heteroatoms. The highest BCUT2D eigenvalue weighted by molar-refractivity contribution is 5.75. The van der Waals surface area contributed by atoms with Gasteiger partial charge in [-0.25, -0.2) is 0 Å². The number of hydrogen-bond donors (Lipinski definition) is 3. The molecule has 0 atom stereocenters. The minimum Gasteiger partial charge on any atom is -0.395 e. The van der Waals surface area contributed by atoms with Gasteiger partial charge in [-0.2, -0.15) is 0 Å². The summed E-state index contributed by atoms with van der Waals surface area (Å²) in [6.07, 6.45) is 0.455. The highest BCUT2D eigenvalue weighted by Gasteiger charge is 2.05. The quantitative estimate of drug-likeness (QED) is 0.449. The molecule has 0 fully saturated rings. The summed E-state index contributed by atoms with van der Waals surface area (Å²) in [7, 11) is 1.61. The number of nitrogens with two attached hydrogens (primary N) is 1. The number of aliphatic hydroxyl groups excluding tert-OH is 1. The third kappa shape index (κ3) is 6.51. The van der Waals surface area contributed by atoms with E-state index < -0.39 is 0 Å². The monoisotopic (exact) mass is 189 g/mol. The Kier molecular flexibility index (Phi) is 7.57. The predicted octanol–water partition coefficient (Wildman–Crippen LogP) is -1.62. The summed E-state index contributed by atoms with van der Waals surface area (Å²) in [6.45, 7) is 2.60. The summed E-state index contributed by atoms with van der Waals surface area (Å²) in [5, 5.41) is 11.2. The molecule has 0 aliphatic rings. The van der Waals surface area contributed by atoms with E-state index in [1.807, 2.05) is 4.90 Å². The molecule has 0 aromatic heterocycles. The maximum absolute atomic E-state index is 10.9. The zero-order chi connectivity index (χ0) is 10.1. The highest BCUT2D eigenvalue weighted by Crippen LogP contribution is 1.90. The van der Waals surface area contributed by atoms with E-state index in [4.69, 9.17) is 10.8 Å². The fraction of sp³-hybridized carbons (Fsp3) is 0.875. The van der Waals surface area contributed by atoms with E-state index in [1.54, 1.807) is 7.05 Å². The molecule has 13 heavy (non-hydrogen) atoms. The van der Waals surface area contributed by atoms with Crippen molar-refractivity contribution in [3.8, 4) is 0 Å². The van der Waals surface area contributed by atoms with Crippen LogP contribution in [0, 0.1) is 0 Å². The summed E-state index contributed by atoms with van der Waals surface area (Å²) < 4.78 is 0. The van der Waals surface area contributed by atoms with Crippen LogP contribution in [-0.4, -0.2) is 55.7 Å². The van der Waals surface area contributed by atoms with Crippen LogP contribution in [0.4, 0.5) is 0 Å². The zero-order valence-corrected chi connectivity index (χ0v) is 8.12. The SMILES string of the molecule is CNC(=O)CCN(CCN)CCO. The lowest BCUT2D eigenvalue weighted by Crippen LogP contribution is -2.35. The summed E-state index contributed by atoms with van der Waals surface area (Å²) in [6, 6.07) is 0. The molecule has 0 saturated carbocycles. The fourth-order valence-corrected chi connectivity index (χ4v) is 1.04. The first-order valence-electron chi connectivity index (χ1n) is 4.48. The molecule has 0 saturated heterocycles. The van der Waals surface area contributed by atoms with Crippen molar-refractivity contribution in [2.24, 2.45) is 5.73 Å². The average Bonchev–Trinajstić information content (AvgIpc) is 2.14. The van der Waals surface area contributed by atoms with Crippen molar-refractivity contribution in [1.82, 2.24) is 10.2 Å². The zero-order valence-electron chi connectivity index (χ0n) is 8.12. The molecular weight excluding hydrogens is 170 g/mol. The number of nitrogens with one attached hydrogen (secondary N) is 1. The van der Waals surface area contributed by atoms with Crippen LogP contribution in [0.1, 0.15) is 6.42 Å². The number of carbonyl (C=O) groups excluding carboxylic acids is 1. The molecule has 78 valence electrons. The smallest absolute Gasteiger partial charge is 0.221 e. The lowest BCUT2D eigenvalue weighted by Gasteiger charge is -2.19. The number of hydrogen-bond acceptors (Lipinski definition) is 4. The average molecular weight is 189 g/mol. The van der Waals surface area contributed by atoms with Crippen molar-refractivity contribution < 1.29 is 9.90 Å². The first-order valence-corrected chi connectivity index (χ1v) is 4.48. The van der Waals surface area contributed by atoms with Crippen molar-refractivity contribution in [1.29, 1.82) is 0 Å². The Morgan fingerprint density at radius 2 is 2.15 bits per heavy atom. The Morgan fingerprint density at radius 3 is 2.62 bits per heavy atom. The fourth-order valence-electron chi connectivity index (χ4n) is 1.04. The molecule has 1 amide bonds. The second-order valence-corrected chi connectivity index (χ2v) is 2.78. The number of aliphatic hydroxyl groups is 1. The van der Waals surface area contributed by atoms with Gasteiger partial charge < -0.3 is 16.2 Å². The van der Waals surface area contributed by atoms with Crippen LogP contribution < -0.4 is 11.1 Å². The number of carbonyl (C=O) groups is 1. The third-order valence-corrected chi connectivity index (χ3v) is 1.80. The largest absolute Gasteiger partial charge is 0.395 e. The van der Waals surface area contributed by atoms with Crippen LogP contribution in [0.3, 0.4) is 0 Å². The van der Waals surface area contributed by atoms with Gasteiger partial charge in [0.2, 0.25) is 5.91 Å². The van der Waals surface area contributed by atoms with E-state index in [2.05, 4.69) is 5.32 Å². The molecule has 0 unspecified atom stereocenters. The number of rotatable bonds is 7. The summed E-state index contributed by atoms with van der Waals surface area (Å²) in [4.78, 5) is 12.9. The molecule has 0 spiro atoms. The molecule has 0 rings (SSSR count). The minimum absolute atomic E-state index is 0.0139. The van der Waals surface area contributed by atoms with Gasteiger partial charge in [-0.05, 0) is 0 Å². The van der Waals surface area contributed by atoms with Gasteiger partial charge in [-0.3, -0.25) is 9.69 Å². The van der Waals surface area contributed by atoms with Gasteiger partial charge in [0.15, 0.2) is 0 Å². The van der Waals surface area contributed by atoms with Crippen LogP contribution in [0.15, 0.2) is 0 Å². The molecule has 0 heterocycles. The summed E-state index contributed by atoms with van der Waals surface area (Å²) in [5.74, 6) is 0.0139. The topological polar surface area (TPSA) is 78.6 Å². The van der Waals surface area contributed by atoms with Crippen molar-refractivity contribution in [2.45, 2.75) is 6.42 Å². The molecule has 0 radical (unpaired) electrons. The minimum atomic E-state index is 0.0139. The van der Waals surface area contributed by atoms with E-state index in [-0.39, 0.29) is 12.5 Å². The van der Waals surface area contributed by atoms with Gasteiger partial charge in [0.05, 0.1) is 6.61 Å². The predicted molar refractivity (Wildman–Crippen MR) is 51.3 cm³/mol. The molecule has 0 aromatic carbocycles. The van der Waals surface area contributed by atoms with Crippen molar-refractivity contribution in [3.05, 3.63) is 0 Å². The van der Waals surface area contributed by atoms with Gasteiger partial charge >= 0.3 is 0 Å². The van der Waals surface area contributed by atoms with E-state index in [9.17, 15) is 4.79 Å².